The monoisotopic (exact) mass is 272 g/mol. The van der Waals surface area contributed by atoms with Crippen LogP contribution in [0.4, 0.5) is 0 Å². The maximum absolute atomic E-state index is 5.80. The Kier molecular flexibility index (Phi) is 3.14. The van der Waals surface area contributed by atoms with Gasteiger partial charge in [-0.1, -0.05) is 6.07 Å². The fourth-order valence-electron chi connectivity index (χ4n) is 1.64. The molecule has 3 rings (SSSR count). The zero-order valence-corrected chi connectivity index (χ0v) is 11.1. The van der Waals surface area contributed by atoms with Crippen LogP contribution in [-0.4, -0.2) is 24.9 Å². The number of hydrogen-bond donors (Lipinski definition) is 2. The van der Waals surface area contributed by atoms with Gasteiger partial charge in [-0.05, 0) is 30.3 Å². The van der Waals surface area contributed by atoms with Crippen molar-refractivity contribution in [2.24, 2.45) is 5.73 Å². The number of imidazole rings is 1. The molecule has 0 amide bonds. The topological polar surface area (TPSA) is 93.4 Å². The largest absolute Gasteiger partial charge is 0.341 e. The Morgan fingerprint density at radius 2 is 2.11 bits per heavy atom. The third-order valence-corrected chi connectivity index (χ3v) is 3.63. The van der Waals surface area contributed by atoms with E-state index in [1.807, 2.05) is 19.1 Å². The molecule has 0 aliphatic carbocycles. The van der Waals surface area contributed by atoms with E-state index in [9.17, 15) is 0 Å². The highest BCUT2D eigenvalue weighted by molar-refractivity contribution is 7.99. The first-order chi connectivity index (χ1) is 9.24. The summed E-state index contributed by atoms with van der Waals surface area (Å²) < 4.78 is 0. The van der Waals surface area contributed by atoms with Crippen molar-refractivity contribution in [2.45, 2.75) is 23.0 Å². The van der Waals surface area contributed by atoms with Crippen LogP contribution in [0.1, 0.15) is 18.5 Å². The van der Waals surface area contributed by atoms with Gasteiger partial charge in [-0.15, -0.1) is 0 Å². The molecule has 0 unspecified atom stereocenters. The molecule has 1 atom stereocenters. The lowest BCUT2D eigenvalue weighted by Crippen LogP contribution is -2.04. The lowest BCUT2D eigenvalue weighted by Gasteiger charge is -2.05. The summed E-state index contributed by atoms with van der Waals surface area (Å²) in [5, 5.41) is 1.67. The Balaban J connectivity index is 1.90. The van der Waals surface area contributed by atoms with E-state index in [0.29, 0.717) is 5.65 Å². The molecule has 0 bridgehead atoms. The highest BCUT2D eigenvalue weighted by Crippen LogP contribution is 2.28. The van der Waals surface area contributed by atoms with Gasteiger partial charge in [0, 0.05) is 12.2 Å². The number of nitrogens with two attached hydrogens (primary N) is 1. The second-order valence-electron chi connectivity index (χ2n) is 4.10. The summed E-state index contributed by atoms with van der Waals surface area (Å²) in [5.41, 5.74) is 8.29. The second-order valence-corrected chi connectivity index (χ2v) is 5.11. The number of rotatable bonds is 3. The van der Waals surface area contributed by atoms with E-state index in [1.165, 1.54) is 18.1 Å². The molecule has 0 fully saturated rings. The van der Waals surface area contributed by atoms with Crippen LogP contribution < -0.4 is 5.73 Å². The first-order valence-electron chi connectivity index (χ1n) is 5.77. The Bertz CT molecular complexity index is 691. The molecule has 96 valence electrons. The molecule has 3 aromatic heterocycles. The minimum Gasteiger partial charge on any atom is -0.341 e. The Hall–Kier alpha value is -1.99. The third-order valence-electron chi connectivity index (χ3n) is 2.67. The fourth-order valence-corrected chi connectivity index (χ4v) is 2.43. The van der Waals surface area contributed by atoms with Gasteiger partial charge in [0.25, 0.3) is 0 Å². The van der Waals surface area contributed by atoms with Crippen LogP contribution in [0.25, 0.3) is 11.2 Å². The summed E-state index contributed by atoms with van der Waals surface area (Å²) >= 11 is 1.47. The molecule has 0 saturated heterocycles. The molecule has 0 aliphatic rings. The van der Waals surface area contributed by atoms with Crippen molar-refractivity contribution in [3.63, 3.8) is 0 Å². The van der Waals surface area contributed by atoms with Crippen LogP contribution >= 0.6 is 11.8 Å². The number of aromatic nitrogens is 5. The van der Waals surface area contributed by atoms with Crippen molar-refractivity contribution < 1.29 is 0 Å². The highest BCUT2D eigenvalue weighted by atomic mass is 32.2. The number of fused-ring (bicyclic) bond motifs is 1. The van der Waals surface area contributed by atoms with Crippen LogP contribution in [0.2, 0.25) is 0 Å². The summed E-state index contributed by atoms with van der Waals surface area (Å²) in [6.45, 7) is 1.93. The van der Waals surface area contributed by atoms with Gasteiger partial charge in [-0.25, -0.2) is 19.9 Å². The van der Waals surface area contributed by atoms with Crippen LogP contribution in [-0.2, 0) is 0 Å². The molecule has 0 radical (unpaired) electrons. The van der Waals surface area contributed by atoms with E-state index in [0.717, 1.165) is 21.1 Å². The predicted molar refractivity (Wildman–Crippen MR) is 72.6 cm³/mol. The summed E-state index contributed by atoms with van der Waals surface area (Å²) in [4.78, 5) is 19.8. The third kappa shape index (κ3) is 2.42. The average Bonchev–Trinajstić information content (AvgIpc) is 2.89. The zero-order chi connectivity index (χ0) is 13.2. The molecule has 3 aromatic rings. The molecular weight excluding hydrogens is 260 g/mol. The van der Waals surface area contributed by atoms with Gasteiger partial charge in [0.2, 0.25) is 0 Å². The molecule has 0 spiro atoms. The Labute approximate surface area is 113 Å². The van der Waals surface area contributed by atoms with Crippen molar-refractivity contribution in [1.29, 1.82) is 0 Å². The minimum absolute atomic E-state index is 0.00934. The van der Waals surface area contributed by atoms with Gasteiger partial charge in [0.15, 0.2) is 5.65 Å². The quantitative estimate of drug-likeness (QED) is 0.707. The Morgan fingerprint density at radius 3 is 2.84 bits per heavy atom. The standard InChI is InChI=1S/C12H12N6S/c1-7(13)8-2-3-9(14-4-8)19-12-10-11(16-5-15-10)17-6-18-12/h2-7H,13H2,1H3,(H,15,16,17,18)/t7-/m0/s1. The maximum atomic E-state index is 5.80. The maximum Gasteiger partial charge on any atom is 0.181 e. The van der Waals surface area contributed by atoms with Crippen molar-refractivity contribution in [2.75, 3.05) is 0 Å². The van der Waals surface area contributed by atoms with Crippen LogP contribution in [0.15, 0.2) is 41.0 Å². The van der Waals surface area contributed by atoms with E-state index in [4.69, 9.17) is 5.73 Å². The van der Waals surface area contributed by atoms with Gasteiger partial charge in [0.05, 0.1) is 6.33 Å². The van der Waals surface area contributed by atoms with Crippen LogP contribution in [0.3, 0.4) is 0 Å². The van der Waals surface area contributed by atoms with E-state index < -0.39 is 0 Å². The molecular formula is C12H12N6S. The molecule has 6 nitrogen and oxygen atoms in total. The zero-order valence-electron chi connectivity index (χ0n) is 10.2. The highest BCUT2D eigenvalue weighted by Gasteiger charge is 2.08. The molecule has 3 N–H and O–H groups in total. The summed E-state index contributed by atoms with van der Waals surface area (Å²) in [5.74, 6) is 0. The number of aromatic amines is 1. The number of hydrogen-bond acceptors (Lipinski definition) is 6. The van der Waals surface area contributed by atoms with E-state index in [1.54, 1.807) is 12.5 Å². The van der Waals surface area contributed by atoms with Crippen molar-refractivity contribution >= 4 is 22.9 Å². The van der Waals surface area contributed by atoms with Crippen molar-refractivity contribution in [1.82, 2.24) is 24.9 Å². The number of pyridine rings is 1. The van der Waals surface area contributed by atoms with E-state index in [2.05, 4.69) is 24.9 Å². The summed E-state index contributed by atoms with van der Waals surface area (Å²) in [6, 6.07) is 3.91. The summed E-state index contributed by atoms with van der Waals surface area (Å²) in [7, 11) is 0. The smallest absolute Gasteiger partial charge is 0.181 e. The minimum atomic E-state index is -0.00934. The van der Waals surface area contributed by atoms with Gasteiger partial charge < -0.3 is 10.7 Å². The SMILES string of the molecule is C[C@H](N)c1ccc(Sc2ncnc3nc[nH]c23)nc1. The molecule has 19 heavy (non-hydrogen) atoms. The molecule has 0 saturated carbocycles. The molecule has 0 aliphatic heterocycles. The first-order valence-corrected chi connectivity index (χ1v) is 6.59. The average molecular weight is 272 g/mol. The second kappa shape index (κ2) is 4.94. The van der Waals surface area contributed by atoms with E-state index in [-0.39, 0.29) is 6.04 Å². The van der Waals surface area contributed by atoms with Gasteiger partial charge in [-0.2, -0.15) is 0 Å². The van der Waals surface area contributed by atoms with Crippen LogP contribution in [0.5, 0.6) is 0 Å². The molecule has 7 heteroatoms. The van der Waals surface area contributed by atoms with E-state index >= 15 is 0 Å². The normalized spacial score (nSPS) is 12.7. The number of nitrogens with zero attached hydrogens (tertiary/aromatic N) is 4. The molecule has 3 heterocycles. The van der Waals surface area contributed by atoms with Gasteiger partial charge in [0.1, 0.15) is 21.9 Å². The molecule has 0 aromatic carbocycles. The number of nitrogens with one attached hydrogen (secondary N) is 1. The lowest BCUT2D eigenvalue weighted by atomic mass is 10.2. The van der Waals surface area contributed by atoms with Crippen LogP contribution in [0, 0.1) is 0 Å². The number of H-pyrrole nitrogens is 1. The summed E-state index contributed by atoms with van der Waals surface area (Å²) in [6.07, 6.45) is 4.90. The van der Waals surface area contributed by atoms with Gasteiger partial charge >= 0.3 is 0 Å². The van der Waals surface area contributed by atoms with Gasteiger partial charge in [-0.3, -0.25) is 0 Å². The lowest BCUT2D eigenvalue weighted by molar-refractivity contribution is 0.806. The Morgan fingerprint density at radius 1 is 1.21 bits per heavy atom. The van der Waals surface area contributed by atoms with Crippen molar-refractivity contribution in [3.05, 3.63) is 36.5 Å². The van der Waals surface area contributed by atoms with Crippen molar-refractivity contribution in [3.8, 4) is 0 Å². The first kappa shape index (κ1) is 12.1. The predicted octanol–water partition coefficient (Wildman–Crippen LogP) is 1.92. The fraction of sp³-hybridized carbons (Fsp3) is 0.167.